The lowest BCUT2D eigenvalue weighted by atomic mass is 10.1. The monoisotopic (exact) mass is 306 g/mol. The fraction of sp³-hybridized carbons (Fsp3) is 0.222. The van der Waals surface area contributed by atoms with Gasteiger partial charge in [0.05, 0.1) is 12.5 Å². The molecule has 0 unspecified atom stereocenters. The van der Waals surface area contributed by atoms with E-state index >= 15 is 0 Å². The zero-order valence-corrected chi connectivity index (χ0v) is 12.7. The number of fused-ring (bicyclic) bond motifs is 1. The summed E-state index contributed by atoms with van der Waals surface area (Å²) in [5, 5.41) is 4.21. The highest BCUT2D eigenvalue weighted by atomic mass is 16.1. The highest BCUT2D eigenvalue weighted by molar-refractivity contribution is 5.89. The van der Waals surface area contributed by atoms with E-state index in [1.54, 1.807) is 6.20 Å². The molecule has 5 nitrogen and oxygen atoms in total. The molecule has 0 saturated carbocycles. The van der Waals surface area contributed by atoms with Crippen molar-refractivity contribution >= 4 is 22.6 Å². The fourth-order valence-electron chi connectivity index (χ4n) is 3.03. The number of rotatable bonds is 4. The van der Waals surface area contributed by atoms with Gasteiger partial charge < -0.3 is 15.2 Å². The summed E-state index contributed by atoms with van der Waals surface area (Å²) < 4.78 is 0. The standard InChI is InChI=1S/C18H18N4O/c23-18(9-13-10-20-16-6-2-1-5-15(13)16)21-14-11-22(12-14)17-7-3-4-8-19-17/h1-8,10,14,20H,9,11-12H2,(H,21,23). The van der Waals surface area contributed by atoms with Crippen LogP contribution in [0.3, 0.4) is 0 Å². The second-order valence-corrected chi connectivity index (χ2v) is 5.89. The van der Waals surface area contributed by atoms with E-state index in [1.165, 1.54) is 0 Å². The Morgan fingerprint density at radius 2 is 2.04 bits per heavy atom. The first-order chi connectivity index (χ1) is 11.3. The quantitative estimate of drug-likeness (QED) is 0.776. The first-order valence-electron chi connectivity index (χ1n) is 7.80. The Kier molecular flexibility index (Phi) is 3.46. The number of nitrogens with one attached hydrogen (secondary N) is 2. The first kappa shape index (κ1) is 13.8. The van der Waals surface area contributed by atoms with Crippen molar-refractivity contribution in [2.24, 2.45) is 0 Å². The van der Waals surface area contributed by atoms with Crippen molar-refractivity contribution in [3.05, 3.63) is 60.4 Å². The fourth-order valence-corrected chi connectivity index (χ4v) is 3.03. The maximum absolute atomic E-state index is 12.2. The summed E-state index contributed by atoms with van der Waals surface area (Å²) in [5.41, 5.74) is 2.11. The number of hydrogen-bond acceptors (Lipinski definition) is 3. The summed E-state index contributed by atoms with van der Waals surface area (Å²) in [6.07, 6.45) is 4.12. The van der Waals surface area contributed by atoms with Crippen molar-refractivity contribution in [2.75, 3.05) is 18.0 Å². The van der Waals surface area contributed by atoms with E-state index < -0.39 is 0 Å². The van der Waals surface area contributed by atoms with Gasteiger partial charge in [0.25, 0.3) is 0 Å². The van der Waals surface area contributed by atoms with Gasteiger partial charge in [0.1, 0.15) is 5.82 Å². The minimum Gasteiger partial charge on any atom is -0.361 e. The lowest BCUT2D eigenvalue weighted by molar-refractivity contribution is -0.121. The van der Waals surface area contributed by atoms with Crippen LogP contribution in [0.15, 0.2) is 54.9 Å². The van der Waals surface area contributed by atoms with E-state index in [4.69, 9.17) is 0 Å². The Labute approximate surface area is 134 Å². The summed E-state index contributed by atoms with van der Waals surface area (Å²) in [5.74, 6) is 1.04. The molecule has 1 aliphatic heterocycles. The van der Waals surface area contributed by atoms with Crippen molar-refractivity contribution in [3.63, 3.8) is 0 Å². The van der Waals surface area contributed by atoms with Crippen molar-refractivity contribution in [3.8, 4) is 0 Å². The molecule has 1 saturated heterocycles. The van der Waals surface area contributed by atoms with Crippen molar-refractivity contribution in [1.29, 1.82) is 0 Å². The number of hydrogen-bond donors (Lipinski definition) is 2. The predicted molar refractivity (Wildman–Crippen MR) is 90.4 cm³/mol. The van der Waals surface area contributed by atoms with Crippen LogP contribution < -0.4 is 10.2 Å². The van der Waals surface area contributed by atoms with E-state index in [9.17, 15) is 4.79 Å². The molecule has 3 heterocycles. The average Bonchev–Trinajstić information content (AvgIpc) is 2.94. The number of amides is 1. The van der Waals surface area contributed by atoms with Gasteiger partial charge in [0, 0.05) is 36.4 Å². The molecule has 2 aromatic heterocycles. The number of benzene rings is 1. The van der Waals surface area contributed by atoms with Crippen LogP contribution in [-0.4, -0.2) is 35.0 Å². The SMILES string of the molecule is O=C(Cc1c[nH]c2ccccc12)NC1CN(c2ccccn2)C1. The molecule has 0 radical (unpaired) electrons. The second-order valence-electron chi connectivity index (χ2n) is 5.89. The van der Waals surface area contributed by atoms with Crippen LogP contribution in [-0.2, 0) is 11.2 Å². The van der Waals surface area contributed by atoms with Crippen LogP contribution in [0, 0.1) is 0 Å². The Balaban J connectivity index is 1.33. The largest absolute Gasteiger partial charge is 0.361 e. The number of aromatic nitrogens is 2. The van der Waals surface area contributed by atoms with Crippen LogP contribution in [0.5, 0.6) is 0 Å². The van der Waals surface area contributed by atoms with E-state index in [0.29, 0.717) is 6.42 Å². The molecule has 5 heteroatoms. The topological polar surface area (TPSA) is 61.0 Å². The van der Waals surface area contributed by atoms with Gasteiger partial charge in [0.2, 0.25) is 5.91 Å². The number of carbonyl (C=O) groups is 1. The van der Waals surface area contributed by atoms with E-state index in [-0.39, 0.29) is 11.9 Å². The first-order valence-corrected chi connectivity index (χ1v) is 7.80. The molecule has 3 aromatic rings. The van der Waals surface area contributed by atoms with Gasteiger partial charge in [-0.25, -0.2) is 4.98 Å². The smallest absolute Gasteiger partial charge is 0.224 e. The normalized spacial score (nSPS) is 14.7. The minimum atomic E-state index is 0.0698. The molecule has 1 aromatic carbocycles. The van der Waals surface area contributed by atoms with E-state index in [1.807, 2.05) is 48.7 Å². The van der Waals surface area contributed by atoms with Gasteiger partial charge in [-0.3, -0.25) is 4.79 Å². The van der Waals surface area contributed by atoms with Gasteiger partial charge in [-0.15, -0.1) is 0 Å². The van der Waals surface area contributed by atoms with Crippen molar-refractivity contribution in [2.45, 2.75) is 12.5 Å². The summed E-state index contributed by atoms with van der Waals surface area (Å²) in [6, 6.07) is 14.1. The Bertz CT molecular complexity index is 821. The molecule has 4 rings (SSSR count). The van der Waals surface area contributed by atoms with E-state index in [0.717, 1.165) is 35.4 Å². The third kappa shape index (κ3) is 2.77. The molecule has 0 bridgehead atoms. The molecule has 0 aliphatic carbocycles. The second kappa shape index (κ2) is 5.76. The summed E-state index contributed by atoms with van der Waals surface area (Å²) in [4.78, 5) is 21.9. The van der Waals surface area contributed by atoms with Crippen LogP contribution in [0.2, 0.25) is 0 Å². The van der Waals surface area contributed by atoms with Crippen LogP contribution in [0.1, 0.15) is 5.56 Å². The highest BCUT2D eigenvalue weighted by Crippen LogP contribution is 2.19. The Morgan fingerprint density at radius 3 is 2.87 bits per heavy atom. The summed E-state index contributed by atoms with van der Waals surface area (Å²) >= 11 is 0. The number of nitrogens with zero attached hydrogens (tertiary/aromatic N) is 2. The molecule has 1 fully saturated rings. The van der Waals surface area contributed by atoms with Crippen LogP contribution >= 0.6 is 0 Å². The molecule has 2 N–H and O–H groups in total. The number of pyridine rings is 1. The highest BCUT2D eigenvalue weighted by Gasteiger charge is 2.28. The zero-order chi connectivity index (χ0) is 15.6. The molecule has 116 valence electrons. The number of carbonyl (C=O) groups excluding carboxylic acids is 1. The lowest BCUT2D eigenvalue weighted by Crippen LogP contribution is -2.59. The third-order valence-corrected chi connectivity index (χ3v) is 4.25. The molecule has 0 atom stereocenters. The molecule has 0 spiro atoms. The molecular formula is C18H18N4O. The molecule has 23 heavy (non-hydrogen) atoms. The van der Waals surface area contributed by atoms with Gasteiger partial charge >= 0.3 is 0 Å². The molecular weight excluding hydrogens is 288 g/mol. The average molecular weight is 306 g/mol. The molecule has 1 aliphatic rings. The van der Waals surface area contributed by atoms with Gasteiger partial charge in [-0.05, 0) is 23.8 Å². The molecule has 1 amide bonds. The Morgan fingerprint density at radius 1 is 1.22 bits per heavy atom. The van der Waals surface area contributed by atoms with Crippen molar-refractivity contribution in [1.82, 2.24) is 15.3 Å². The number of aromatic amines is 1. The van der Waals surface area contributed by atoms with Crippen LogP contribution in [0.25, 0.3) is 10.9 Å². The summed E-state index contributed by atoms with van der Waals surface area (Å²) in [6.45, 7) is 1.63. The zero-order valence-electron chi connectivity index (χ0n) is 12.7. The maximum Gasteiger partial charge on any atom is 0.224 e. The lowest BCUT2D eigenvalue weighted by Gasteiger charge is -2.40. The van der Waals surface area contributed by atoms with Crippen molar-refractivity contribution < 1.29 is 4.79 Å². The minimum absolute atomic E-state index is 0.0698. The van der Waals surface area contributed by atoms with E-state index in [2.05, 4.69) is 20.2 Å². The number of H-pyrrole nitrogens is 1. The maximum atomic E-state index is 12.2. The van der Waals surface area contributed by atoms with Crippen LogP contribution in [0.4, 0.5) is 5.82 Å². The third-order valence-electron chi connectivity index (χ3n) is 4.25. The van der Waals surface area contributed by atoms with Gasteiger partial charge in [-0.1, -0.05) is 24.3 Å². The number of para-hydroxylation sites is 1. The van der Waals surface area contributed by atoms with Gasteiger partial charge in [0.15, 0.2) is 0 Å². The summed E-state index contributed by atoms with van der Waals surface area (Å²) in [7, 11) is 0. The number of anilines is 1. The predicted octanol–water partition coefficient (Wildman–Crippen LogP) is 2.11. The van der Waals surface area contributed by atoms with Gasteiger partial charge in [-0.2, -0.15) is 0 Å². The Hall–Kier alpha value is -2.82.